The van der Waals surface area contributed by atoms with Crippen LogP contribution in [0.2, 0.25) is 0 Å². The fourth-order valence-electron chi connectivity index (χ4n) is 2.50. The molecule has 1 fully saturated rings. The fourth-order valence-corrected chi connectivity index (χ4v) is 3.22. The van der Waals surface area contributed by atoms with Crippen molar-refractivity contribution in [3.05, 3.63) is 23.6 Å². The summed E-state index contributed by atoms with van der Waals surface area (Å²) in [4.78, 5) is 4.64. The lowest BCUT2D eigenvalue weighted by Gasteiger charge is -2.10. The number of nitrogens with zero attached hydrogens (tertiary/aromatic N) is 1. The molecule has 0 radical (unpaired) electrons. The van der Waals surface area contributed by atoms with Crippen LogP contribution in [0.15, 0.2) is 23.6 Å². The van der Waals surface area contributed by atoms with E-state index in [4.69, 9.17) is 14.2 Å². The fraction of sp³-hybridized carbons (Fsp3) is 0.438. The first-order valence-corrected chi connectivity index (χ1v) is 8.21. The van der Waals surface area contributed by atoms with Crippen molar-refractivity contribution in [3.63, 3.8) is 0 Å². The minimum Gasteiger partial charge on any atom is -0.497 e. The van der Waals surface area contributed by atoms with Crippen molar-refractivity contribution >= 4 is 16.5 Å². The molecule has 1 N–H and O–H groups in total. The average molecular weight is 320 g/mol. The van der Waals surface area contributed by atoms with Gasteiger partial charge in [0.15, 0.2) is 5.13 Å². The van der Waals surface area contributed by atoms with Crippen LogP contribution in [0, 0.1) is 0 Å². The third-order valence-electron chi connectivity index (χ3n) is 3.69. The largest absolute Gasteiger partial charge is 0.497 e. The number of thiazole rings is 1. The van der Waals surface area contributed by atoms with Crippen molar-refractivity contribution in [2.45, 2.75) is 18.9 Å². The quantitative estimate of drug-likeness (QED) is 0.884. The van der Waals surface area contributed by atoms with Crippen molar-refractivity contribution in [2.24, 2.45) is 0 Å². The topological polar surface area (TPSA) is 52.6 Å². The third-order valence-corrected chi connectivity index (χ3v) is 4.49. The van der Waals surface area contributed by atoms with Crippen LogP contribution in [0.4, 0.5) is 5.13 Å². The lowest BCUT2D eigenvalue weighted by atomic mass is 10.1. The summed E-state index contributed by atoms with van der Waals surface area (Å²) in [5.74, 6) is 1.58. The van der Waals surface area contributed by atoms with Crippen molar-refractivity contribution in [1.29, 1.82) is 0 Å². The molecule has 1 unspecified atom stereocenters. The Balaban J connectivity index is 1.74. The van der Waals surface area contributed by atoms with Crippen molar-refractivity contribution in [1.82, 2.24) is 4.98 Å². The molecule has 1 saturated heterocycles. The lowest BCUT2D eigenvalue weighted by Crippen LogP contribution is -2.18. The number of nitrogens with one attached hydrogen (secondary N) is 1. The Morgan fingerprint density at radius 3 is 3.00 bits per heavy atom. The highest BCUT2D eigenvalue weighted by molar-refractivity contribution is 7.14. The molecule has 1 atom stereocenters. The predicted molar refractivity (Wildman–Crippen MR) is 88.1 cm³/mol. The van der Waals surface area contributed by atoms with Gasteiger partial charge >= 0.3 is 0 Å². The van der Waals surface area contributed by atoms with E-state index in [1.165, 1.54) is 0 Å². The molecule has 0 bridgehead atoms. The second-order valence-electron chi connectivity index (χ2n) is 5.12. The molecule has 1 aromatic carbocycles. The highest BCUT2D eigenvalue weighted by atomic mass is 32.1. The molecule has 2 heterocycles. The molecule has 3 rings (SSSR count). The van der Waals surface area contributed by atoms with E-state index in [-0.39, 0.29) is 0 Å². The Morgan fingerprint density at radius 1 is 1.36 bits per heavy atom. The van der Waals surface area contributed by atoms with Gasteiger partial charge in [0.25, 0.3) is 0 Å². The van der Waals surface area contributed by atoms with E-state index in [0.29, 0.717) is 6.10 Å². The smallest absolute Gasteiger partial charge is 0.183 e. The molecule has 5 nitrogen and oxygen atoms in total. The van der Waals surface area contributed by atoms with Crippen molar-refractivity contribution < 1.29 is 14.2 Å². The number of hydrogen-bond donors (Lipinski definition) is 1. The first kappa shape index (κ1) is 15.1. The zero-order valence-electron chi connectivity index (χ0n) is 12.8. The monoisotopic (exact) mass is 320 g/mol. The number of anilines is 1. The molecule has 118 valence electrons. The highest BCUT2D eigenvalue weighted by Gasteiger charge is 2.16. The lowest BCUT2D eigenvalue weighted by molar-refractivity contribution is 0.120. The molecule has 1 aliphatic rings. The van der Waals surface area contributed by atoms with Crippen molar-refractivity contribution in [2.75, 3.05) is 32.7 Å². The molecule has 1 aliphatic heterocycles. The van der Waals surface area contributed by atoms with Crippen LogP contribution in [0.1, 0.15) is 12.8 Å². The first-order valence-electron chi connectivity index (χ1n) is 7.33. The van der Waals surface area contributed by atoms with Crippen LogP contribution in [-0.2, 0) is 4.74 Å². The summed E-state index contributed by atoms with van der Waals surface area (Å²) in [6.45, 7) is 1.68. The average Bonchev–Trinajstić information content (AvgIpc) is 3.23. The zero-order valence-corrected chi connectivity index (χ0v) is 13.6. The third kappa shape index (κ3) is 3.34. The van der Waals surface area contributed by atoms with Crippen molar-refractivity contribution in [3.8, 4) is 22.8 Å². The van der Waals surface area contributed by atoms with Gasteiger partial charge < -0.3 is 19.5 Å². The van der Waals surface area contributed by atoms with E-state index >= 15 is 0 Å². The summed E-state index contributed by atoms with van der Waals surface area (Å²) >= 11 is 1.59. The van der Waals surface area contributed by atoms with Gasteiger partial charge in [-0.3, -0.25) is 0 Å². The van der Waals surface area contributed by atoms with Gasteiger partial charge in [0.2, 0.25) is 0 Å². The maximum Gasteiger partial charge on any atom is 0.183 e. The number of rotatable bonds is 6. The second kappa shape index (κ2) is 6.98. The van der Waals surface area contributed by atoms with Crippen LogP contribution in [0.3, 0.4) is 0 Å². The Morgan fingerprint density at radius 2 is 2.27 bits per heavy atom. The Labute approximate surface area is 134 Å². The van der Waals surface area contributed by atoms with E-state index in [1.54, 1.807) is 25.6 Å². The van der Waals surface area contributed by atoms with E-state index in [0.717, 1.165) is 53.9 Å². The summed E-state index contributed by atoms with van der Waals surface area (Å²) in [6, 6.07) is 5.72. The molecule has 1 aromatic heterocycles. The first-order chi connectivity index (χ1) is 10.8. The molecule has 0 spiro atoms. The number of aromatic nitrogens is 1. The van der Waals surface area contributed by atoms with Gasteiger partial charge in [-0.1, -0.05) is 0 Å². The van der Waals surface area contributed by atoms with Gasteiger partial charge in [-0.25, -0.2) is 4.98 Å². The highest BCUT2D eigenvalue weighted by Crippen LogP contribution is 2.35. The van der Waals surface area contributed by atoms with Gasteiger partial charge in [0.1, 0.15) is 11.5 Å². The van der Waals surface area contributed by atoms with Gasteiger partial charge in [-0.05, 0) is 31.0 Å². The van der Waals surface area contributed by atoms with Crippen LogP contribution < -0.4 is 14.8 Å². The van der Waals surface area contributed by atoms with E-state index in [1.807, 2.05) is 23.6 Å². The SMILES string of the molecule is COc1ccc(OC)c(-c2csc(NCC3CCCO3)n2)c1. The molecule has 0 saturated carbocycles. The maximum absolute atomic E-state index is 5.61. The standard InChI is InChI=1S/C16H20N2O3S/c1-19-11-5-6-15(20-2)13(8-11)14-10-22-16(18-14)17-9-12-4-3-7-21-12/h5-6,8,10,12H,3-4,7,9H2,1-2H3,(H,17,18). The molecular weight excluding hydrogens is 300 g/mol. The summed E-state index contributed by atoms with van der Waals surface area (Å²) < 4.78 is 16.3. The predicted octanol–water partition coefficient (Wildman–Crippen LogP) is 3.42. The minimum absolute atomic E-state index is 0.304. The Bertz CT molecular complexity index is 624. The summed E-state index contributed by atoms with van der Waals surface area (Å²) in [5, 5.41) is 6.27. The van der Waals surface area contributed by atoms with Crippen LogP contribution >= 0.6 is 11.3 Å². The molecule has 2 aromatic rings. The molecule has 0 aliphatic carbocycles. The van der Waals surface area contributed by atoms with E-state index in [2.05, 4.69) is 10.3 Å². The number of hydrogen-bond acceptors (Lipinski definition) is 6. The number of benzene rings is 1. The number of ether oxygens (including phenoxy) is 3. The van der Waals surface area contributed by atoms with E-state index < -0.39 is 0 Å². The summed E-state index contributed by atoms with van der Waals surface area (Å²) in [7, 11) is 3.31. The summed E-state index contributed by atoms with van der Waals surface area (Å²) in [5.41, 5.74) is 1.82. The van der Waals surface area contributed by atoms with Crippen LogP contribution in [0.25, 0.3) is 11.3 Å². The second-order valence-corrected chi connectivity index (χ2v) is 5.98. The molecule has 0 amide bonds. The zero-order chi connectivity index (χ0) is 15.4. The molecule has 22 heavy (non-hydrogen) atoms. The number of methoxy groups -OCH3 is 2. The maximum atomic E-state index is 5.61. The van der Waals surface area contributed by atoms with Gasteiger partial charge in [0, 0.05) is 24.1 Å². The van der Waals surface area contributed by atoms with E-state index in [9.17, 15) is 0 Å². The normalized spacial score (nSPS) is 17.5. The minimum atomic E-state index is 0.304. The Kier molecular flexibility index (Phi) is 4.80. The molecule has 6 heteroatoms. The van der Waals surface area contributed by atoms with Crippen LogP contribution in [0.5, 0.6) is 11.5 Å². The molecular formula is C16H20N2O3S. The van der Waals surface area contributed by atoms with Crippen LogP contribution in [-0.4, -0.2) is 38.5 Å². The van der Waals surface area contributed by atoms with Gasteiger partial charge in [-0.2, -0.15) is 0 Å². The Hall–Kier alpha value is -1.79. The van der Waals surface area contributed by atoms with Gasteiger partial charge in [0.05, 0.1) is 26.0 Å². The summed E-state index contributed by atoms with van der Waals surface area (Å²) in [6.07, 6.45) is 2.57. The van der Waals surface area contributed by atoms with Gasteiger partial charge in [-0.15, -0.1) is 11.3 Å².